The summed E-state index contributed by atoms with van der Waals surface area (Å²) in [5.74, 6) is 0.403. The summed E-state index contributed by atoms with van der Waals surface area (Å²) in [7, 11) is 0. The topological polar surface area (TPSA) is 88.5 Å². The molecule has 0 fully saturated rings. The van der Waals surface area contributed by atoms with E-state index < -0.39 is 11.4 Å². The molecular weight excluding hydrogens is 548 g/mol. The van der Waals surface area contributed by atoms with E-state index in [9.17, 15) is 14.7 Å². The van der Waals surface area contributed by atoms with Crippen LogP contribution in [0.3, 0.4) is 0 Å². The first kappa shape index (κ1) is 34.6. The van der Waals surface area contributed by atoms with Gasteiger partial charge in [-0.2, -0.15) is 0 Å². The molecule has 0 aliphatic rings. The lowest BCUT2D eigenvalue weighted by Crippen LogP contribution is -2.34. The van der Waals surface area contributed by atoms with Gasteiger partial charge in [0, 0.05) is 17.8 Å². The summed E-state index contributed by atoms with van der Waals surface area (Å²) in [5, 5.41) is 12.5. The number of hydrogen-bond donors (Lipinski definition) is 2. The number of aliphatic carboxylic acids is 1. The van der Waals surface area contributed by atoms with Gasteiger partial charge in [-0.15, -0.1) is 0 Å². The zero-order chi connectivity index (χ0) is 31.8. The number of carbonyl (C=O) groups excluding carboxylic acids is 1. The maximum Gasteiger partial charge on any atom is 0.310 e. The Morgan fingerprint density at radius 2 is 1.61 bits per heavy atom. The van der Waals surface area contributed by atoms with Crippen LogP contribution in [-0.4, -0.2) is 28.6 Å². The number of hydrogen-bond acceptors (Lipinski definition) is 4. The highest BCUT2D eigenvalue weighted by Gasteiger charge is 2.37. The minimum Gasteiger partial charge on any atom is -0.494 e. The highest BCUT2D eigenvalue weighted by molar-refractivity contribution is 5.94. The molecule has 6 heteroatoms. The third-order valence-corrected chi connectivity index (χ3v) is 8.29. The number of nitrogens with one attached hydrogen (secondary N) is 1. The second-order valence-corrected chi connectivity index (χ2v) is 12.1. The number of aryl methyl sites for hydroxylation is 2. The van der Waals surface area contributed by atoms with E-state index in [-0.39, 0.29) is 12.3 Å². The molecule has 0 unspecified atom stereocenters. The van der Waals surface area contributed by atoms with Gasteiger partial charge in [-0.1, -0.05) is 76.9 Å². The molecule has 0 atom stereocenters. The number of carbonyl (C=O) groups is 2. The normalized spacial score (nSPS) is 11.7. The number of unbranched alkanes of at least 4 members (excludes halogenated alkanes) is 3. The van der Waals surface area contributed by atoms with Crippen molar-refractivity contribution in [3.05, 3.63) is 89.2 Å². The van der Waals surface area contributed by atoms with Gasteiger partial charge in [-0.05, 0) is 104 Å². The number of ether oxygens (including phenoxy) is 1. The van der Waals surface area contributed by atoms with Gasteiger partial charge in [-0.3, -0.25) is 14.6 Å². The fourth-order valence-corrected chi connectivity index (χ4v) is 5.18. The molecule has 44 heavy (non-hydrogen) atoms. The number of carboxylic acid groups (broad SMARTS) is 1. The molecule has 2 aromatic carbocycles. The van der Waals surface area contributed by atoms with Crippen LogP contribution in [0.4, 0.5) is 5.69 Å². The molecule has 0 saturated heterocycles. The largest absolute Gasteiger partial charge is 0.494 e. The highest BCUT2D eigenvalue weighted by atomic mass is 16.5. The first-order valence-electron chi connectivity index (χ1n) is 16.2. The Balaban J connectivity index is 1.41. The second-order valence-electron chi connectivity index (χ2n) is 12.1. The second kappa shape index (κ2) is 18.0. The number of amides is 1. The first-order valence-corrected chi connectivity index (χ1v) is 16.2. The summed E-state index contributed by atoms with van der Waals surface area (Å²) in [6, 6.07) is 22.2. The van der Waals surface area contributed by atoms with Crippen LogP contribution in [0.2, 0.25) is 0 Å². The number of anilines is 1. The van der Waals surface area contributed by atoms with E-state index >= 15 is 0 Å². The molecular formula is C38H50N2O4. The van der Waals surface area contributed by atoms with Crippen molar-refractivity contribution in [3.8, 4) is 5.75 Å². The predicted octanol–water partition coefficient (Wildman–Crippen LogP) is 9.24. The van der Waals surface area contributed by atoms with Gasteiger partial charge >= 0.3 is 5.97 Å². The predicted molar refractivity (Wildman–Crippen MR) is 181 cm³/mol. The van der Waals surface area contributed by atoms with Gasteiger partial charge in [0.2, 0.25) is 5.91 Å². The van der Waals surface area contributed by atoms with E-state index in [1.165, 1.54) is 24.8 Å². The van der Waals surface area contributed by atoms with Crippen LogP contribution >= 0.6 is 0 Å². The summed E-state index contributed by atoms with van der Waals surface area (Å²) < 4.78 is 5.82. The summed E-state index contributed by atoms with van der Waals surface area (Å²) in [6.07, 6.45) is 12.5. The van der Waals surface area contributed by atoms with Crippen molar-refractivity contribution >= 4 is 29.7 Å². The molecule has 0 aliphatic carbocycles. The molecule has 1 aromatic heterocycles. The molecule has 0 radical (unpaired) electrons. The number of nitrogens with zero attached hydrogens (tertiary/aromatic N) is 1. The zero-order valence-electron chi connectivity index (χ0n) is 27.0. The van der Waals surface area contributed by atoms with Crippen molar-refractivity contribution in [2.45, 2.75) is 91.9 Å². The fourth-order valence-electron chi connectivity index (χ4n) is 5.18. The summed E-state index contributed by atoms with van der Waals surface area (Å²) in [6.45, 7) is 8.83. The van der Waals surface area contributed by atoms with Gasteiger partial charge in [0.05, 0.1) is 17.7 Å². The monoisotopic (exact) mass is 598 g/mol. The van der Waals surface area contributed by atoms with Crippen LogP contribution in [0.5, 0.6) is 5.75 Å². The number of benzene rings is 2. The van der Waals surface area contributed by atoms with Crippen molar-refractivity contribution in [1.82, 2.24) is 4.98 Å². The van der Waals surface area contributed by atoms with Crippen molar-refractivity contribution in [2.24, 2.45) is 11.3 Å². The van der Waals surface area contributed by atoms with Crippen LogP contribution in [0.25, 0.3) is 12.2 Å². The number of aromatic nitrogens is 1. The van der Waals surface area contributed by atoms with Gasteiger partial charge in [0.1, 0.15) is 5.75 Å². The van der Waals surface area contributed by atoms with Crippen molar-refractivity contribution < 1.29 is 19.4 Å². The molecule has 1 heterocycles. The fraction of sp³-hybridized carbons (Fsp3) is 0.447. The minimum atomic E-state index is -1.03. The lowest BCUT2D eigenvalue weighted by Gasteiger charge is -2.25. The lowest BCUT2D eigenvalue weighted by molar-refractivity contribution is -0.151. The quantitative estimate of drug-likeness (QED) is 0.134. The lowest BCUT2D eigenvalue weighted by atomic mass is 9.79. The van der Waals surface area contributed by atoms with Crippen molar-refractivity contribution in [1.29, 1.82) is 0 Å². The minimum absolute atomic E-state index is 0.0471. The zero-order valence-corrected chi connectivity index (χ0v) is 27.0. The van der Waals surface area contributed by atoms with Gasteiger partial charge in [0.15, 0.2) is 0 Å². The van der Waals surface area contributed by atoms with Crippen LogP contribution in [0, 0.1) is 11.3 Å². The molecule has 0 bridgehead atoms. The summed E-state index contributed by atoms with van der Waals surface area (Å²) >= 11 is 0. The molecule has 0 spiro atoms. The van der Waals surface area contributed by atoms with Crippen molar-refractivity contribution in [3.63, 3.8) is 0 Å². The Morgan fingerprint density at radius 1 is 0.909 bits per heavy atom. The standard InChI is InChI=1S/C38H50N2O4/c1-5-38(6-2,37(42)43)28-36(41)40-34-18-11-14-31(27-34)19-22-33-17-12-16-32(39-33)15-10-8-7-9-13-30-20-23-35(24-21-30)44-26-25-29(3)4/h11-12,14,16-24,27,29H,5-10,13,15,25-26,28H2,1-4H3,(H,40,41)(H,42,43). The first-order chi connectivity index (χ1) is 21.2. The van der Waals surface area contributed by atoms with Crippen LogP contribution in [-0.2, 0) is 22.4 Å². The van der Waals surface area contributed by atoms with Crippen molar-refractivity contribution in [2.75, 3.05) is 11.9 Å². The molecule has 0 aliphatic heterocycles. The van der Waals surface area contributed by atoms with E-state index in [0.29, 0.717) is 24.4 Å². The molecule has 0 saturated carbocycles. The average molecular weight is 599 g/mol. The molecule has 6 nitrogen and oxygen atoms in total. The Kier molecular flexibility index (Phi) is 14.1. The smallest absolute Gasteiger partial charge is 0.310 e. The third kappa shape index (κ3) is 11.6. The third-order valence-electron chi connectivity index (χ3n) is 8.29. The maximum atomic E-state index is 12.6. The molecule has 1 amide bonds. The van der Waals surface area contributed by atoms with E-state index in [0.717, 1.165) is 55.0 Å². The molecule has 3 aromatic rings. The maximum absolute atomic E-state index is 12.6. The summed E-state index contributed by atoms with van der Waals surface area (Å²) in [5.41, 5.74) is 3.89. The van der Waals surface area contributed by atoms with Gasteiger partial charge < -0.3 is 15.2 Å². The van der Waals surface area contributed by atoms with Gasteiger partial charge in [-0.25, -0.2) is 0 Å². The van der Waals surface area contributed by atoms with E-state index in [2.05, 4.69) is 49.5 Å². The van der Waals surface area contributed by atoms with Crippen LogP contribution < -0.4 is 10.1 Å². The van der Waals surface area contributed by atoms with E-state index in [4.69, 9.17) is 9.72 Å². The number of pyridine rings is 1. The van der Waals surface area contributed by atoms with Gasteiger partial charge in [0.25, 0.3) is 0 Å². The highest BCUT2D eigenvalue weighted by Crippen LogP contribution is 2.31. The van der Waals surface area contributed by atoms with E-state index in [1.807, 2.05) is 62.4 Å². The average Bonchev–Trinajstić information content (AvgIpc) is 3.01. The molecule has 3 rings (SSSR count). The Hall–Kier alpha value is -3.93. The molecule has 236 valence electrons. The van der Waals surface area contributed by atoms with Crippen LogP contribution in [0.15, 0.2) is 66.7 Å². The Bertz CT molecular complexity index is 1340. The SMILES string of the molecule is CCC(CC)(CC(=O)Nc1cccc(C=Cc2cccc(CCCCCCc3ccc(OCCC(C)C)cc3)n2)c1)C(=O)O. The molecule has 2 N–H and O–H groups in total. The number of rotatable bonds is 19. The van der Waals surface area contributed by atoms with E-state index in [1.54, 1.807) is 0 Å². The van der Waals surface area contributed by atoms with Crippen LogP contribution in [0.1, 0.15) is 102 Å². The Labute approximate surface area is 264 Å². The number of carboxylic acids is 1. The summed E-state index contributed by atoms with van der Waals surface area (Å²) in [4.78, 5) is 29.2. The Morgan fingerprint density at radius 3 is 2.30 bits per heavy atom.